The first-order valence-electron chi connectivity index (χ1n) is 9.50. The highest BCUT2D eigenvalue weighted by Crippen LogP contribution is 2.38. The molecule has 1 aliphatic heterocycles. The first kappa shape index (κ1) is 21.3. The molecule has 158 valence electrons. The van der Waals surface area contributed by atoms with E-state index in [-0.39, 0.29) is 16.6 Å². The molecule has 4 rings (SSSR count). The van der Waals surface area contributed by atoms with Crippen LogP contribution < -0.4 is 5.32 Å². The summed E-state index contributed by atoms with van der Waals surface area (Å²) in [6.07, 6.45) is 4.23. The lowest BCUT2D eigenvalue weighted by molar-refractivity contribution is -0.113. The number of sulfonamides is 1. The third kappa shape index (κ3) is 4.38. The summed E-state index contributed by atoms with van der Waals surface area (Å²) in [5.41, 5.74) is 1.66. The van der Waals surface area contributed by atoms with Crippen molar-refractivity contribution in [3.63, 3.8) is 0 Å². The van der Waals surface area contributed by atoms with Crippen molar-refractivity contribution >= 4 is 44.0 Å². The number of hydrogen-bond donors (Lipinski definition) is 1. The Morgan fingerprint density at radius 2 is 2.13 bits per heavy atom. The van der Waals surface area contributed by atoms with E-state index in [4.69, 9.17) is 4.74 Å². The summed E-state index contributed by atoms with van der Waals surface area (Å²) in [4.78, 5) is 17.8. The number of morpholine rings is 1. The maximum atomic E-state index is 12.6. The van der Waals surface area contributed by atoms with Crippen LogP contribution in [0.5, 0.6) is 0 Å². The molecule has 2 aromatic heterocycles. The zero-order valence-corrected chi connectivity index (χ0v) is 18.5. The lowest BCUT2D eigenvalue weighted by Crippen LogP contribution is -2.40. The zero-order chi connectivity index (χ0) is 21.1. The summed E-state index contributed by atoms with van der Waals surface area (Å²) < 4.78 is 31.8. The smallest absolute Gasteiger partial charge is 0.244 e. The summed E-state index contributed by atoms with van der Waals surface area (Å²) >= 11 is 2.70. The van der Waals surface area contributed by atoms with Crippen LogP contribution in [0.3, 0.4) is 0 Å². The molecular formula is C19H20N4O4S3. The maximum Gasteiger partial charge on any atom is 0.244 e. The molecule has 0 radical (unpaired) electrons. The standard InChI is InChI=1S/C19H20N4O4S3/c20-10-15-14-2-1-3-16(14)29-19(15)22-17(24)12-28-18-5-4-13(11-21-18)30(25,26)23-6-8-27-9-7-23/h4-5,11H,1-3,6-9,12H2,(H,22,24). The van der Waals surface area contributed by atoms with Crippen LogP contribution in [0.4, 0.5) is 5.00 Å². The molecule has 0 atom stereocenters. The van der Waals surface area contributed by atoms with Crippen molar-refractivity contribution in [2.75, 3.05) is 37.4 Å². The highest BCUT2D eigenvalue weighted by molar-refractivity contribution is 7.99. The van der Waals surface area contributed by atoms with E-state index < -0.39 is 10.0 Å². The number of thioether (sulfide) groups is 1. The number of carbonyl (C=O) groups is 1. The van der Waals surface area contributed by atoms with E-state index in [1.54, 1.807) is 6.07 Å². The number of rotatable bonds is 6. The average molecular weight is 465 g/mol. The van der Waals surface area contributed by atoms with Crippen molar-refractivity contribution < 1.29 is 17.9 Å². The third-order valence-corrected chi connectivity index (χ3v) is 8.99. The van der Waals surface area contributed by atoms with Crippen LogP contribution in [0.15, 0.2) is 28.3 Å². The van der Waals surface area contributed by atoms with Gasteiger partial charge in [-0.1, -0.05) is 11.8 Å². The van der Waals surface area contributed by atoms with E-state index in [2.05, 4.69) is 16.4 Å². The van der Waals surface area contributed by atoms with Crippen molar-refractivity contribution in [2.45, 2.75) is 29.2 Å². The van der Waals surface area contributed by atoms with Gasteiger partial charge in [-0.2, -0.15) is 9.57 Å². The number of aryl methyl sites for hydroxylation is 1. The summed E-state index contributed by atoms with van der Waals surface area (Å²) in [7, 11) is -3.58. The van der Waals surface area contributed by atoms with Crippen LogP contribution in [0.1, 0.15) is 22.4 Å². The van der Waals surface area contributed by atoms with E-state index in [9.17, 15) is 18.5 Å². The minimum Gasteiger partial charge on any atom is -0.379 e. The monoisotopic (exact) mass is 464 g/mol. The normalized spacial score (nSPS) is 16.8. The summed E-state index contributed by atoms with van der Waals surface area (Å²) in [5.74, 6) is -0.0982. The molecule has 1 N–H and O–H groups in total. The van der Waals surface area contributed by atoms with Gasteiger partial charge in [0.05, 0.1) is 29.6 Å². The number of thiophene rings is 1. The second-order valence-corrected chi connectivity index (χ2v) is 10.9. The van der Waals surface area contributed by atoms with E-state index in [1.165, 1.54) is 44.5 Å². The number of amides is 1. The molecule has 8 nitrogen and oxygen atoms in total. The number of anilines is 1. The van der Waals surface area contributed by atoms with E-state index in [0.29, 0.717) is 41.9 Å². The van der Waals surface area contributed by atoms with Gasteiger partial charge >= 0.3 is 0 Å². The van der Waals surface area contributed by atoms with Crippen LogP contribution in [0, 0.1) is 11.3 Å². The fourth-order valence-corrected chi connectivity index (χ4v) is 6.71. The number of nitrogens with one attached hydrogen (secondary N) is 1. The number of hydrogen-bond acceptors (Lipinski definition) is 8. The molecule has 3 heterocycles. The summed E-state index contributed by atoms with van der Waals surface area (Å²) in [6.45, 7) is 1.43. The number of fused-ring (bicyclic) bond motifs is 1. The Labute approximate surface area is 183 Å². The Bertz CT molecular complexity index is 1080. The van der Waals surface area contributed by atoms with Gasteiger partial charge in [-0.25, -0.2) is 13.4 Å². The molecular weight excluding hydrogens is 444 g/mol. The van der Waals surface area contributed by atoms with Crippen LogP contribution in [-0.4, -0.2) is 55.7 Å². The predicted octanol–water partition coefficient (Wildman–Crippen LogP) is 2.26. The van der Waals surface area contributed by atoms with Crippen molar-refractivity contribution in [1.82, 2.24) is 9.29 Å². The summed E-state index contributed by atoms with van der Waals surface area (Å²) in [5, 5.41) is 13.4. The molecule has 0 saturated carbocycles. The Morgan fingerprint density at radius 1 is 1.33 bits per heavy atom. The number of ether oxygens (including phenoxy) is 1. The van der Waals surface area contributed by atoms with Gasteiger partial charge in [0.25, 0.3) is 0 Å². The topological polar surface area (TPSA) is 112 Å². The summed E-state index contributed by atoms with van der Waals surface area (Å²) in [6, 6.07) is 5.32. The third-order valence-electron chi connectivity index (χ3n) is 4.95. The van der Waals surface area contributed by atoms with Crippen molar-refractivity contribution in [1.29, 1.82) is 5.26 Å². The van der Waals surface area contributed by atoms with Gasteiger partial charge in [0, 0.05) is 24.2 Å². The molecule has 2 aliphatic rings. The predicted molar refractivity (Wildman–Crippen MR) is 114 cm³/mol. The van der Waals surface area contributed by atoms with Crippen LogP contribution in [0.25, 0.3) is 0 Å². The molecule has 1 saturated heterocycles. The highest BCUT2D eigenvalue weighted by Gasteiger charge is 2.27. The first-order chi connectivity index (χ1) is 14.5. The molecule has 0 bridgehead atoms. The highest BCUT2D eigenvalue weighted by atomic mass is 32.2. The fourth-order valence-electron chi connectivity index (χ4n) is 3.45. The van der Waals surface area contributed by atoms with Gasteiger partial charge in [-0.15, -0.1) is 11.3 Å². The van der Waals surface area contributed by atoms with E-state index in [1.807, 2.05) is 0 Å². The average Bonchev–Trinajstić information content (AvgIpc) is 3.34. The van der Waals surface area contributed by atoms with Crippen molar-refractivity contribution in [2.24, 2.45) is 0 Å². The van der Waals surface area contributed by atoms with Crippen LogP contribution >= 0.6 is 23.1 Å². The second kappa shape index (κ2) is 9.03. The van der Waals surface area contributed by atoms with Crippen molar-refractivity contribution in [3.8, 4) is 6.07 Å². The van der Waals surface area contributed by atoms with Gasteiger partial charge in [-0.3, -0.25) is 4.79 Å². The SMILES string of the molecule is N#Cc1c(NC(=O)CSc2ccc(S(=O)(=O)N3CCOCC3)cn2)sc2c1CCC2. The Kier molecular flexibility index (Phi) is 6.40. The minimum atomic E-state index is -3.58. The zero-order valence-electron chi connectivity index (χ0n) is 16.1. The van der Waals surface area contributed by atoms with Gasteiger partial charge in [0.2, 0.25) is 15.9 Å². The number of aromatic nitrogens is 1. The van der Waals surface area contributed by atoms with Gasteiger partial charge in [-0.05, 0) is 37.0 Å². The number of nitriles is 1. The molecule has 1 amide bonds. The lowest BCUT2D eigenvalue weighted by atomic mass is 10.1. The van der Waals surface area contributed by atoms with E-state index >= 15 is 0 Å². The Balaban J connectivity index is 1.35. The molecule has 2 aromatic rings. The molecule has 1 aliphatic carbocycles. The first-order valence-corrected chi connectivity index (χ1v) is 12.7. The Morgan fingerprint density at radius 3 is 2.83 bits per heavy atom. The molecule has 0 aromatic carbocycles. The van der Waals surface area contributed by atoms with Crippen LogP contribution in [-0.2, 0) is 32.4 Å². The quantitative estimate of drug-likeness (QED) is 0.653. The lowest BCUT2D eigenvalue weighted by Gasteiger charge is -2.25. The second-order valence-electron chi connectivity index (χ2n) is 6.86. The number of nitrogens with zero attached hydrogens (tertiary/aromatic N) is 3. The molecule has 30 heavy (non-hydrogen) atoms. The number of pyridine rings is 1. The molecule has 1 fully saturated rings. The minimum absolute atomic E-state index is 0.121. The molecule has 11 heteroatoms. The largest absolute Gasteiger partial charge is 0.379 e. The van der Waals surface area contributed by atoms with Crippen LogP contribution in [0.2, 0.25) is 0 Å². The Hall–Kier alpha value is -1.97. The maximum absolute atomic E-state index is 12.6. The molecule has 0 spiro atoms. The fraction of sp³-hybridized carbons (Fsp3) is 0.421. The molecule has 0 unspecified atom stereocenters. The number of carbonyl (C=O) groups excluding carboxylic acids is 1. The van der Waals surface area contributed by atoms with E-state index in [0.717, 1.165) is 24.8 Å². The van der Waals surface area contributed by atoms with Crippen molar-refractivity contribution in [3.05, 3.63) is 34.3 Å². The van der Waals surface area contributed by atoms with Gasteiger partial charge < -0.3 is 10.1 Å². The van der Waals surface area contributed by atoms with Gasteiger partial charge in [0.1, 0.15) is 16.0 Å². The van der Waals surface area contributed by atoms with Gasteiger partial charge in [0.15, 0.2) is 0 Å².